The minimum Gasteiger partial charge on any atom is -0.478 e. The van der Waals surface area contributed by atoms with Crippen LogP contribution in [0.3, 0.4) is 0 Å². The summed E-state index contributed by atoms with van der Waals surface area (Å²) in [6, 6.07) is 3.62. The molecule has 0 aliphatic heterocycles. The number of aromatic nitrogens is 1. The van der Waals surface area contributed by atoms with Crippen LogP contribution >= 0.6 is 0 Å². The number of benzene rings is 1. The molecule has 0 atom stereocenters. The second-order valence-electron chi connectivity index (χ2n) is 4.13. The van der Waals surface area contributed by atoms with Gasteiger partial charge in [0.1, 0.15) is 11.3 Å². The molecule has 0 bridgehead atoms. The predicted molar refractivity (Wildman–Crippen MR) is 66.0 cm³/mol. The molecule has 2 rings (SSSR count). The highest BCUT2D eigenvalue weighted by molar-refractivity contribution is 5.94. The van der Waals surface area contributed by atoms with E-state index in [1.807, 2.05) is 0 Å². The normalized spacial score (nSPS) is 11.4. The minimum atomic E-state index is -4.50. The SMILES string of the molecule is Nc1c(C(=O)O)cnc(-c2ccc(C(F)(F)F)cc2)c1F. The molecule has 8 heteroatoms. The second kappa shape index (κ2) is 5.04. The number of alkyl halides is 3. The van der Waals surface area contributed by atoms with E-state index in [9.17, 15) is 22.4 Å². The number of halogens is 4. The van der Waals surface area contributed by atoms with Gasteiger partial charge in [-0.25, -0.2) is 9.18 Å². The van der Waals surface area contributed by atoms with Crippen LogP contribution in [0.2, 0.25) is 0 Å². The first-order valence-electron chi connectivity index (χ1n) is 5.56. The molecule has 0 aliphatic rings. The molecule has 0 saturated heterocycles. The van der Waals surface area contributed by atoms with Gasteiger partial charge in [-0.3, -0.25) is 4.98 Å². The summed E-state index contributed by atoms with van der Waals surface area (Å²) in [5.74, 6) is -2.53. The van der Waals surface area contributed by atoms with E-state index < -0.39 is 34.8 Å². The number of pyridine rings is 1. The zero-order valence-electron chi connectivity index (χ0n) is 10.3. The van der Waals surface area contributed by atoms with E-state index in [2.05, 4.69) is 4.98 Å². The van der Waals surface area contributed by atoms with Crippen molar-refractivity contribution in [1.82, 2.24) is 4.98 Å². The maximum atomic E-state index is 14.0. The smallest absolute Gasteiger partial charge is 0.416 e. The van der Waals surface area contributed by atoms with E-state index in [0.29, 0.717) is 0 Å². The van der Waals surface area contributed by atoms with Gasteiger partial charge in [0, 0.05) is 11.8 Å². The molecule has 110 valence electrons. The number of carboxylic acids is 1. The van der Waals surface area contributed by atoms with Gasteiger partial charge in [0.25, 0.3) is 0 Å². The van der Waals surface area contributed by atoms with Crippen LogP contribution < -0.4 is 5.73 Å². The first-order chi connectivity index (χ1) is 9.71. The molecule has 3 N–H and O–H groups in total. The molecule has 2 aromatic rings. The van der Waals surface area contributed by atoms with E-state index in [1.165, 1.54) is 0 Å². The zero-order valence-corrected chi connectivity index (χ0v) is 10.3. The molecule has 0 radical (unpaired) electrons. The third-order valence-corrected chi connectivity index (χ3v) is 2.77. The van der Waals surface area contributed by atoms with Gasteiger partial charge in [0.15, 0.2) is 5.82 Å². The standard InChI is InChI=1S/C13H8F4N2O2/c14-9-10(18)8(12(20)21)5-19-11(9)6-1-3-7(4-2-6)13(15,16)17/h1-5H,(H2,18,19)(H,20,21). The zero-order chi connectivity index (χ0) is 15.8. The Balaban J connectivity index is 2.48. The second-order valence-corrected chi connectivity index (χ2v) is 4.13. The highest BCUT2D eigenvalue weighted by atomic mass is 19.4. The fourth-order valence-electron chi connectivity index (χ4n) is 1.69. The molecule has 1 aromatic carbocycles. The Morgan fingerprint density at radius 3 is 2.24 bits per heavy atom. The average molecular weight is 300 g/mol. The summed E-state index contributed by atoms with van der Waals surface area (Å²) >= 11 is 0. The summed E-state index contributed by atoms with van der Waals surface area (Å²) in [5, 5.41) is 8.77. The number of nitrogen functional groups attached to an aromatic ring is 1. The highest BCUT2D eigenvalue weighted by Crippen LogP contribution is 2.32. The summed E-state index contributed by atoms with van der Waals surface area (Å²) in [6.07, 6.45) is -3.65. The third-order valence-electron chi connectivity index (χ3n) is 2.77. The molecule has 0 amide bonds. The Kier molecular flexibility index (Phi) is 3.54. The van der Waals surface area contributed by atoms with Gasteiger partial charge in [0.05, 0.1) is 11.3 Å². The van der Waals surface area contributed by atoms with Crippen molar-refractivity contribution in [2.75, 3.05) is 5.73 Å². The van der Waals surface area contributed by atoms with Gasteiger partial charge in [-0.15, -0.1) is 0 Å². The van der Waals surface area contributed by atoms with E-state index >= 15 is 0 Å². The average Bonchev–Trinajstić information content (AvgIpc) is 2.40. The lowest BCUT2D eigenvalue weighted by atomic mass is 10.1. The van der Waals surface area contributed by atoms with Crippen molar-refractivity contribution >= 4 is 11.7 Å². The molecule has 0 unspecified atom stereocenters. The van der Waals surface area contributed by atoms with Crippen molar-refractivity contribution in [3.05, 3.63) is 47.4 Å². The Hall–Kier alpha value is -2.64. The van der Waals surface area contributed by atoms with Crippen LogP contribution in [0.25, 0.3) is 11.3 Å². The molecule has 0 saturated carbocycles. The van der Waals surface area contributed by atoms with Gasteiger partial charge in [-0.2, -0.15) is 13.2 Å². The molecule has 21 heavy (non-hydrogen) atoms. The Morgan fingerprint density at radius 1 is 1.19 bits per heavy atom. The first kappa shape index (κ1) is 14.8. The van der Waals surface area contributed by atoms with Crippen molar-refractivity contribution in [2.24, 2.45) is 0 Å². The number of carbonyl (C=O) groups is 1. The monoisotopic (exact) mass is 300 g/mol. The summed E-state index contributed by atoms with van der Waals surface area (Å²) < 4.78 is 51.3. The van der Waals surface area contributed by atoms with Crippen LogP contribution in [0.5, 0.6) is 0 Å². The van der Waals surface area contributed by atoms with Crippen LogP contribution in [0.4, 0.5) is 23.2 Å². The molecular weight excluding hydrogens is 292 g/mol. The molecule has 0 fully saturated rings. The summed E-state index contributed by atoms with van der Waals surface area (Å²) in [6.45, 7) is 0. The van der Waals surface area contributed by atoms with Gasteiger partial charge in [0.2, 0.25) is 0 Å². The lowest BCUT2D eigenvalue weighted by Crippen LogP contribution is -2.08. The molecule has 1 aromatic heterocycles. The molecule has 1 heterocycles. The lowest BCUT2D eigenvalue weighted by molar-refractivity contribution is -0.137. The number of nitrogens with two attached hydrogens (primary N) is 1. The van der Waals surface area contributed by atoms with E-state index in [0.717, 1.165) is 30.5 Å². The van der Waals surface area contributed by atoms with Crippen molar-refractivity contribution in [3.63, 3.8) is 0 Å². The Morgan fingerprint density at radius 2 is 1.76 bits per heavy atom. The maximum absolute atomic E-state index is 14.0. The fraction of sp³-hybridized carbons (Fsp3) is 0.0769. The van der Waals surface area contributed by atoms with E-state index in [1.54, 1.807) is 0 Å². The van der Waals surface area contributed by atoms with Gasteiger partial charge in [-0.05, 0) is 12.1 Å². The van der Waals surface area contributed by atoms with Crippen molar-refractivity contribution in [3.8, 4) is 11.3 Å². The third kappa shape index (κ3) is 2.78. The van der Waals surface area contributed by atoms with Crippen LogP contribution in [0.1, 0.15) is 15.9 Å². The largest absolute Gasteiger partial charge is 0.478 e. The quantitative estimate of drug-likeness (QED) is 0.835. The van der Waals surface area contributed by atoms with Gasteiger partial charge in [-0.1, -0.05) is 12.1 Å². The van der Waals surface area contributed by atoms with Crippen LogP contribution in [-0.4, -0.2) is 16.1 Å². The number of nitrogens with zero attached hydrogens (tertiary/aromatic N) is 1. The van der Waals surface area contributed by atoms with Crippen LogP contribution in [0.15, 0.2) is 30.5 Å². The van der Waals surface area contributed by atoms with Crippen molar-refractivity contribution in [2.45, 2.75) is 6.18 Å². The van der Waals surface area contributed by atoms with Gasteiger partial charge >= 0.3 is 12.1 Å². The van der Waals surface area contributed by atoms with E-state index in [4.69, 9.17) is 10.8 Å². The molecule has 0 spiro atoms. The van der Waals surface area contributed by atoms with E-state index in [-0.39, 0.29) is 11.3 Å². The summed E-state index contributed by atoms with van der Waals surface area (Å²) in [4.78, 5) is 14.4. The number of anilines is 1. The topological polar surface area (TPSA) is 76.2 Å². The van der Waals surface area contributed by atoms with Crippen molar-refractivity contribution in [1.29, 1.82) is 0 Å². The Labute approximate surface area is 115 Å². The minimum absolute atomic E-state index is 0.0594. The maximum Gasteiger partial charge on any atom is 0.416 e. The molecular formula is C13H8F4N2O2. The number of hydrogen-bond acceptors (Lipinski definition) is 3. The number of carboxylic acid groups (broad SMARTS) is 1. The summed E-state index contributed by atoms with van der Waals surface area (Å²) in [7, 11) is 0. The fourth-order valence-corrected chi connectivity index (χ4v) is 1.69. The number of hydrogen-bond donors (Lipinski definition) is 2. The van der Waals surface area contributed by atoms with Gasteiger partial charge < -0.3 is 10.8 Å². The van der Waals surface area contributed by atoms with Crippen LogP contribution in [0, 0.1) is 5.82 Å². The number of rotatable bonds is 2. The lowest BCUT2D eigenvalue weighted by Gasteiger charge is -2.09. The van der Waals surface area contributed by atoms with Crippen LogP contribution in [-0.2, 0) is 6.18 Å². The number of aromatic carboxylic acids is 1. The van der Waals surface area contributed by atoms with Crippen molar-refractivity contribution < 1.29 is 27.5 Å². The molecule has 0 aliphatic carbocycles. The predicted octanol–water partition coefficient (Wildman–Crippen LogP) is 3.19. The Bertz CT molecular complexity index is 697. The summed E-state index contributed by atoms with van der Waals surface area (Å²) in [5.41, 5.74) is 3.07. The highest BCUT2D eigenvalue weighted by Gasteiger charge is 2.30. The first-order valence-corrected chi connectivity index (χ1v) is 5.56. The molecule has 4 nitrogen and oxygen atoms in total.